The Morgan fingerprint density at radius 3 is 2.83 bits per heavy atom. The van der Waals surface area contributed by atoms with Crippen molar-refractivity contribution in [2.45, 2.75) is 31.7 Å². The standard InChI is InChI=1S/C12H14ClN5/c1-12(6-3-7-12)18-11(15-16-17-18)8-4-2-5-9(14)10(8)13/h2,4-5H,3,6-7,14H2,1H3. The molecule has 6 heteroatoms. The molecule has 1 saturated carbocycles. The van der Waals surface area contributed by atoms with Crippen LogP contribution >= 0.6 is 11.6 Å². The Balaban J connectivity index is 2.13. The zero-order valence-corrected chi connectivity index (χ0v) is 10.9. The first kappa shape index (κ1) is 11.5. The monoisotopic (exact) mass is 263 g/mol. The van der Waals surface area contributed by atoms with E-state index >= 15 is 0 Å². The van der Waals surface area contributed by atoms with Crippen LogP contribution in [-0.4, -0.2) is 20.2 Å². The second-order valence-electron chi connectivity index (χ2n) is 4.97. The van der Waals surface area contributed by atoms with Gasteiger partial charge in [-0.2, -0.15) is 0 Å². The number of hydrogen-bond donors (Lipinski definition) is 1. The summed E-state index contributed by atoms with van der Waals surface area (Å²) in [5.74, 6) is 0.689. The van der Waals surface area contributed by atoms with Gasteiger partial charge in [-0.15, -0.1) is 5.10 Å². The average molecular weight is 264 g/mol. The van der Waals surface area contributed by atoms with Crippen LogP contribution in [0.4, 0.5) is 5.69 Å². The van der Waals surface area contributed by atoms with Crippen LogP contribution in [-0.2, 0) is 5.54 Å². The van der Waals surface area contributed by atoms with Crippen molar-refractivity contribution in [1.29, 1.82) is 0 Å². The number of nitrogens with zero attached hydrogens (tertiary/aromatic N) is 4. The van der Waals surface area contributed by atoms with Crippen LogP contribution in [0.15, 0.2) is 18.2 Å². The molecule has 1 heterocycles. The van der Waals surface area contributed by atoms with Crippen molar-refractivity contribution in [2.75, 3.05) is 5.73 Å². The minimum Gasteiger partial charge on any atom is -0.398 e. The first-order valence-electron chi connectivity index (χ1n) is 5.95. The molecule has 0 atom stereocenters. The molecule has 18 heavy (non-hydrogen) atoms. The van der Waals surface area contributed by atoms with Gasteiger partial charge in [0.1, 0.15) is 0 Å². The van der Waals surface area contributed by atoms with Crippen molar-refractivity contribution < 1.29 is 0 Å². The molecule has 1 aromatic heterocycles. The molecule has 5 nitrogen and oxygen atoms in total. The summed E-state index contributed by atoms with van der Waals surface area (Å²) >= 11 is 6.23. The predicted octanol–water partition coefficient (Wildman–Crippen LogP) is 2.47. The molecule has 0 amide bonds. The molecule has 0 unspecified atom stereocenters. The molecule has 2 N–H and O–H groups in total. The topological polar surface area (TPSA) is 69.6 Å². The maximum Gasteiger partial charge on any atom is 0.184 e. The molecule has 1 fully saturated rings. The Kier molecular flexibility index (Phi) is 2.52. The summed E-state index contributed by atoms with van der Waals surface area (Å²) in [5.41, 5.74) is 7.16. The van der Waals surface area contributed by atoms with Crippen molar-refractivity contribution in [3.8, 4) is 11.4 Å². The number of nitrogens with two attached hydrogens (primary N) is 1. The van der Waals surface area contributed by atoms with Crippen LogP contribution in [0.25, 0.3) is 11.4 Å². The molecule has 2 aromatic rings. The molecule has 0 bridgehead atoms. The maximum absolute atomic E-state index is 6.23. The largest absolute Gasteiger partial charge is 0.398 e. The summed E-state index contributed by atoms with van der Waals surface area (Å²) in [6.07, 6.45) is 3.39. The van der Waals surface area contributed by atoms with Crippen LogP contribution in [0, 0.1) is 0 Å². The van der Waals surface area contributed by atoms with E-state index in [1.807, 2.05) is 16.8 Å². The van der Waals surface area contributed by atoms with Gasteiger partial charge in [0.2, 0.25) is 0 Å². The van der Waals surface area contributed by atoms with Crippen molar-refractivity contribution >= 4 is 17.3 Å². The Morgan fingerprint density at radius 1 is 1.39 bits per heavy atom. The summed E-state index contributed by atoms with van der Waals surface area (Å²) in [7, 11) is 0. The Hall–Kier alpha value is -1.62. The van der Waals surface area contributed by atoms with E-state index in [1.165, 1.54) is 6.42 Å². The molecule has 1 aromatic carbocycles. The molecular weight excluding hydrogens is 250 g/mol. The SMILES string of the molecule is CC1(n2nnnc2-c2cccc(N)c2Cl)CCC1. The lowest BCUT2D eigenvalue weighted by molar-refractivity contribution is 0.148. The first-order chi connectivity index (χ1) is 8.62. The predicted molar refractivity (Wildman–Crippen MR) is 70.2 cm³/mol. The molecule has 0 saturated heterocycles. The second-order valence-corrected chi connectivity index (χ2v) is 5.35. The number of rotatable bonds is 2. The molecule has 0 aliphatic heterocycles. The lowest BCUT2D eigenvalue weighted by atomic mass is 9.78. The number of aromatic nitrogens is 4. The van der Waals surface area contributed by atoms with Gasteiger partial charge in [-0.05, 0) is 48.7 Å². The third-order valence-corrected chi connectivity index (χ3v) is 4.10. The van der Waals surface area contributed by atoms with Crippen LogP contribution in [0.5, 0.6) is 0 Å². The second kappa shape index (κ2) is 3.95. The zero-order chi connectivity index (χ0) is 12.8. The normalized spacial score (nSPS) is 17.4. The lowest BCUT2D eigenvalue weighted by Crippen LogP contribution is -2.38. The Labute approximate surface area is 110 Å². The fraction of sp³-hybridized carbons (Fsp3) is 0.417. The van der Waals surface area contributed by atoms with Gasteiger partial charge in [0, 0.05) is 5.56 Å². The van der Waals surface area contributed by atoms with Gasteiger partial charge in [0.15, 0.2) is 5.82 Å². The number of halogens is 1. The van der Waals surface area contributed by atoms with Crippen LogP contribution in [0.1, 0.15) is 26.2 Å². The van der Waals surface area contributed by atoms with E-state index < -0.39 is 0 Å². The van der Waals surface area contributed by atoms with Crippen molar-refractivity contribution in [1.82, 2.24) is 20.2 Å². The highest BCUT2D eigenvalue weighted by atomic mass is 35.5. The van der Waals surface area contributed by atoms with E-state index in [9.17, 15) is 0 Å². The van der Waals surface area contributed by atoms with Crippen molar-refractivity contribution in [3.05, 3.63) is 23.2 Å². The summed E-state index contributed by atoms with van der Waals surface area (Å²) in [6, 6.07) is 5.52. The Bertz CT molecular complexity index is 588. The smallest absolute Gasteiger partial charge is 0.184 e. The number of nitrogen functional groups attached to an aromatic ring is 1. The number of hydrogen-bond acceptors (Lipinski definition) is 4. The highest BCUT2D eigenvalue weighted by molar-refractivity contribution is 6.35. The summed E-state index contributed by atoms with van der Waals surface area (Å²) in [5, 5.41) is 12.5. The third kappa shape index (κ3) is 1.58. The molecule has 1 aliphatic rings. The molecular formula is C12H14ClN5. The van der Waals surface area contributed by atoms with Gasteiger partial charge < -0.3 is 5.73 Å². The van der Waals surface area contributed by atoms with Crippen LogP contribution in [0.2, 0.25) is 5.02 Å². The van der Waals surface area contributed by atoms with Crippen molar-refractivity contribution in [2.24, 2.45) is 0 Å². The fourth-order valence-corrected chi connectivity index (χ4v) is 2.55. The highest BCUT2D eigenvalue weighted by Gasteiger charge is 2.37. The summed E-state index contributed by atoms with van der Waals surface area (Å²) < 4.78 is 1.87. The van der Waals surface area contributed by atoms with Gasteiger partial charge in [0.05, 0.1) is 16.2 Å². The minimum absolute atomic E-state index is 0.00671. The fourth-order valence-electron chi connectivity index (χ4n) is 2.34. The lowest BCUT2D eigenvalue weighted by Gasteiger charge is -2.38. The van der Waals surface area contributed by atoms with E-state index in [4.69, 9.17) is 17.3 Å². The Morgan fingerprint density at radius 2 is 2.17 bits per heavy atom. The van der Waals surface area contributed by atoms with E-state index in [0.717, 1.165) is 18.4 Å². The van der Waals surface area contributed by atoms with Gasteiger partial charge >= 0.3 is 0 Å². The number of anilines is 1. The maximum atomic E-state index is 6.23. The number of tetrazole rings is 1. The van der Waals surface area contributed by atoms with E-state index in [2.05, 4.69) is 22.4 Å². The van der Waals surface area contributed by atoms with Gasteiger partial charge in [-0.25, -0.2) is 4.68 Å². The van der Waals surface area contributed by atoms with Crippen LogP contribution < -0.4 is 5.73 Å². The quantitative estimate of drug-likeness (QED) is 0.845. The van der Waals surface area contributed by atoms with Gasteiger partial charge in [0.25, 0.3) is 0 Å². The third-order valence-electron chi connectivity index (χ3n) is 3.68. The number of benzene rings is 1. The minimum atomic E-state index is 0.00671. The zero-order valence-electron chi connectivity index (χ0n) is 10.1. The highest BCUT2D eigenvalue weighted by Crippen LogP contribution is 2.41. The first-order valence-corrected chi connectivity index (χ1v) is 6.33. The van der Waals surface area contributed by atoms with Gasteiger partial charge in [-0.3, -0.25) is 0 Å². The van der Waals surface area contributed by atoms with Crippen LogP contribution in [0.3, 0.4) is 0 Å². The molecule has 0 radical (unpaired) electrons. The van der Waals surface area contributed by atoms with E-state index in [-0.39, 0.29) is 5.54 Å². The van der Waals surface area contributed by atoms with E-state index in [0.29, 0.717) is 16.5 Å². The molecule has 94 valence electrons. The average Bonchev–Trinajstić information content (AvgIpc) is 2.79. The molecule has 3 rings (SSSR count). The molecule has 0 spiro atoms. The van der Waals surface area contributed by atoms with Crippen molar-refractivity contribution in [3.63, 3.8) is 0 Å². The summed E-state index contributed by atoms with van der Waals surface area (Å²) in [4.78, 5) is 0. The van der Waals surface area contributed by atoms with Gasteiger partial charge in [-0.1, -0.05) is 17.7 Å². The molecule has 1 aliphatic carbocycles. The summed E-state index contributed by atoms with van der Waals surface area (Å²) in [6.45, 7) is 2.16. The van der Waals surface area contributed by atoms with E-state index in [1.54, 1.807) is 6.07 Å².